The van der Waals surface area contributed by atoms with Crippen LogP contribution in [-0.4, -0.2) is 48.9 Å². The number of nitrogens with one attached hydrogen (secondary N) is 1. The van der Waals surface area contributed by atoms with Crippen molar-refractivity contribution in [3.63, 3.8) is 0 Å². The highest BCUT2D eigenvalue weighted by molar-refractivity contribution is 6.00. The Bertz CT molecular complexity index is 465. The van der Waals surface area contributed by atoms with Crippen LogP contribution < -0.4 is 10.6 Å². The molecule has 1 aromatic heterocycles. The number of nitrogens with zero attached hydrogens (tertiary/aromatic N) is 3. The highest BCUT2D eigenvalue weighted by atomic mass is 15.2. The van der Waals surface area contributed by atoms with E-state index in [1.165, 1.54) is 19.3 Å². The molecule has 0 bridgehead atoms. The van der Waals surface area contributed by atoms with Gasteiger partial charge in [-0.15, -0.1) is 0 Å². The summed E-state index contributed by atoms with van der Waals surface area (Å²) in [5.41, 5.74) is 7.58. The number of nitrogens with two attached hydrogens (primary N) is 1. The van der Waals surface area contributed by atoms with Crippen LogP contribution in [0.2, 0.25) is 0 Å². The minimum Gasteiger partial charge on any atom is -0.384 e. The summed E-state index contributed by atoms with van der Waals surface area (Å²) in [7, 11) is 6.33. The first kappa shape index (κ1) is 13.8. The van der Waals surface area contributed by atoms with Gasteiger partial charge in [0.15, 0.2) is 0 Å². The number of pyridine rings is 1. The van der Waals surface area contributed by atoms with Crippen LogP contribution in [0.5, 0.6) is 0 Å². The molecule has 0 radical (unpaired) electrons. The van der Waals surface area contributed by atoms with Gasteiger partial charge in [0.05, 0.1) is 11.9 Å². The van der Waals surface area contributed by atoms with Crippen LogP contribution in [0.1, 0.15) is 24.8 Å². The van der Waals surface area contributed by atoms with Crippen molar-refractivity contribution in [1.29, 1.82) is 5.41 Å². The van der Waals surface area contributed by atoms with Gasteiger partial charge in [0.25, 0.3) is 0 Å². The second-order valence-corrected chi connectivity index (χ2v) is 5.63. The Morgan fingerprint density at radius 2 is 2.11 bits per heavy atom. The van der Waals surface area contributed by atoms with Gasteiger partial charge in [-0.3, -0.25) is 10.4 Å². The number of likely N-dealkylation sites (N-methyl/N-ethyl adjacent to an activating group) is 2. The van der Waals surface area contributed by atoms with E-state index in [0.717, 1.165) is 17.8 Å². The lowest BCUT2D eigenvalue weighted by atomic mass is 9.75. The van der Waals surface area contributed by atoms with Gasteiger partial charge >= 0.3 is 0 Å². The summed E-state index contributed by atoms with van der Waals surface area (Å²) < 4.78 is 0. The SMILES string of the molecule is CN(CC1(N(C)C)CCC1)c1cnccc1C(=N)N. The van der Waals surface area contributed by atoms with Gasteiger partial charge in [0, 0.05) is 30.9 Å². The number of rotatable bonds is 5. The number of anilines is 1. The largest absolute Gasteiger partial charge is 0.384 e. The maximum absolute atomic E-state index is 7.66. The lowest BCUT2D eigenvalue weighted by Crippen LogP contribution is -2.57. The molecule has 0 aromatic carbocycles. The van der Waals surface area contributed by atoms with Gasteiger partial charge in [-0.1, -0.05) is 0 Å². The fourth-order valence-corrected chi connectivity index (χ4v) is 2.78. The summed E-state index contributed by atoms with van der Waals surface area (Å²) in [4.78, 5) is 8.65. The van der Waals surface area contributed by atoms with E-state index in [-0.39, 0.29) is 11.4 Å². The molecule has 1 fully saturated rings. The highest BCUT2D eigenvalue weighted by Gasteiger charge is 2.40. The van der Waals surface area contributed by atoms with E-state index in [4.69, 9.17) is 11.1 Å². The smallest absolute Gasteiger partial charge is 0.125 e. The summed E-state index contributed by atoms with van der Waals surface area (Å²) in [5.74, 6) is 0.0942. The molecule has 19 heavy (non-hydrogen) atoms. The van der Waals surface area contributed by atoms with E-state index in [9.17, 15) is 0 Å². The third-order valence-electron chi connectivity index (χ3n) is 4.27. The number of amidine groups is 1. The van der Waals surface area contributed by atoms with Crippen molar-refractivity contribution in [1.82, 2.24) is 9.88 Å². The molecule has 0 aliphatic heterocycles. The van der Waals surface area contributed by atoms with Crippen molar-refractivity contribution in [2.75, 3.05) is 32.6 Å². The molecule has 0 amide bonds. The summed E-state index contributed by atoms with van der Waals surface area (Å²) in [6.07, 6.45) is 7.20. The van der Waals surface area contributed by atoms with Crippen molar-refractivity contribution < 1.29 is 0 Å². The topological polar surface area (TPSA) is 69.2 Å². The molecule has 0 spiro atoms. The molecule has 1 aliphatic rings. The normalized spacial score (nSPS) is 17.1. The first-order valence-corrected chi connectivity index (χ1v) is 6.63. The van der Waals surface area contributed by atoms with Crippen LogP contribution in [0.4, 0.5) is 5.69 Å². The molecule has 0 saturated heterocycles. The summed E-state index contributed by atoms with van der Waals surface area (Å²) in [5, 5.41) is 7.66. The molecule has 1 aromatic rings. The molecule has 0 unspecified atom stereocenters. The minimum atomic E-state index is 0.0942. The quantitative estimate of drug-likeness (QED) is 0.619. The standard InChI is InChI=1S/C14H23N5/c1-18(2)14(6-4-7-14)10-19(3)12-9-17-8-5-11(12)13(15)16/h5,8-9H,4,6-7,10H2,1-3H3,(H3,15,16). The van der Waals surface area contributed by atoms with E-state index < -0.39 is 0 Å². The van der Waals surface area contributed by atoms with Crippen LogP contribution >= 0.6 is 0 Å². The number of hydrogen-bond acceptors (Lipinski definition) is 4. The fourth-order valence-electron chi connectivity index (χ4n) is 2.78. The Morgan fingerprint density at radius 3 is 2.58 bits per heavy atom. The number of nitrogen functional groups attached to an aromatic ring is 1. The van der Waals surface area contributed by atoms with Gasteiger partial charge in [0.1, 0.15) is 5.84 Å². The average molecular weight is 261 g/mol. The lowest BCUT2D eigenvalue weighted by Gasteiger charge is -2.49. The Balaban J connectivity index is 2.20. The van der Waals surface area contributed by atoms with Gasteiger partial charge in [-0.05, 0) is 39.4 Å². The molecule has 2 rings (SSSR count). The van der Waals surface area contributed by atoms with Crippen LogP contribution in [0, 0.1) is 5.41 Å². The van der Waals surface area contributed by atoms with Gasteiger partial charge < -0.3 is 15.5 Å². The van der Waals surface area contributed by atoms with Crippen molar-refractivity contribution in [2.24, 2.45) is 5.73 Å². The van der Waals surface area contributed by atoms with Crippen LogP contribution in [0.15, 0.2) is 18.5 Å². The fraction of sp³-hybridized carbons (Fsp3) is 0.571. The van der Waals surface area contributed by atoms with E-state index in [0.29, 0.717) is 0 Å². The first-order valence-electron chi connectivity index (χ1n) is 6.63. The number of hydrogen-bond donors (Lipinski definition) is 2. The number of aromatic nitrogens is 1. The van der Waals surface area contributed by atoms with Crippen LogP contribution in [-0.2, 0) is 0 Å². The third-order valence-corrected chi connectivity index (χ3v) is 4.27. The zero-order valence-corrected chi connectivity index (χ0v) is 12.0. The predicted octanol–water partition coefficient (Wildman–Crippen LogP) is 1.29. The minimum absolute atomic E-state index is 0.0942. The van der Waals surface area contributed by atoms with E-state index in [1.54, 1.807) is 18.5 Å². The second-order valence-electron chi connectivity index (χ2n) is 5.63. The zero-order chi connectivity index (χ0) is 14.0. The first-order chi connectivity index (χ1) is 8.96. The summed E-state index contributed by atoms with van der Waals surface area (Å²) >= 11 is 0. The monoisotopic (exact) mass is 261 g/mol. The van der Waals surface area contributed by atoms with E-state index in [1.807, 2.05) is 7.05 Å². The van der Waals surface area contributed by atoms with E-state index in [2.05, 4.69) is 28.9 Å². The highest BCUT2D eigenvalue weighted by Crippen LogP contribution is 2.37. The Labute approximate surface area is 114 Å². The second kappa shape index (κ2) is 5.17. The van der Waals surface area contributed by atoms with Crippen LogP contribution in [0.3, 0.4) is 0 Å². The zero-order valence-electron chi connectivity index (χ0n) is 12.0. The maximum atomic E-state index is 7.66. The van der Waals surface area contributed by atoms with E-state index >= 15 is 0 Å². The Morgan fingerprint density at radius 1 is 1.42 bits per heavy atom. The van der Waals surface area contributed by atoms with Crippen molar-refractivity contribution >= 4 is 11.5 Å². The van der Waals surface area contributed by atoms with Crippen molar-refractivity contribution in [2.45, 2.75) is 24.8 Å². The molecule has 104 valence electrons. The van der Waals surface area contributed by atoms with Gasteiger partial charge in [-0.2, -0.15) is 0 Å². The molecular weight excluding hydrogens is 238 g/mol. The van der Waals surface area contributed by atoms with Gasteiger partial charge in [0.2, 0.25) is 0 Å². The van der Waals surface area contributed by atoms with Crippen molar-refractivity contribution in [3.05, 3.63) is 24.0 Å². The molecule has 1 heterocycles. The molecule has 1 aliphatic carbocycles. The molecular formula is C14H23N5. The predicted molar refractivity (Wildman–Crippen MR) is 78.8 cm³/mol. The molecule has 5 nitrogen and oxygen atoms in total. The Kier molecular flexibility index (Phi) is 3.75. The summed E-state index contributed by atoms with van der Waals surface area (Å²) in [6, 6.07) is 1.80. The van der Waals surface area contributed by atoms with Crippen LogP contribution in [0.25, 0.3) is 0 Å². The molecule has 0 atom stereocenters. The maximum Gasteiger partial charge on any atom is 0.125 e. The lowest BCUT2D eigenvalue weighted by molar-refractivity contribution is 0.0683. The Hall–Kier alpha value is -1.62. The summed E-state index contributed by atoms with van der Waals surface area (Å²) in [6.45, 7) is 0.936. The molecule has 5 heteroatoms. The average Bonchev–Trinajstić information content (AvgIpc) is 2.33. The molecule has 1 saturated carbocycles. The third kappa shape index (κ3) is 2.56. The van der Waals surface area contributed by atoms with Gasteiger partial charge in [-0.25, -0.2) is 0 Å². The molecule has 3 N–H and O–H groups in total. The van der Waals surface area contributed by atoms with Crippen molar-refractivity contribution in [3.8, 4) is 0 Å².